The van der Waals surface area contributed by atoms with Crippen molar-refractivity contribution < 1.29 is 19.4 Å². The molecule has 2 atom stereocenters. The quantitative estimate of drug-likeness (QED) is 0.750. The van der Waals surface area contributed by atoms with Gasteiger partial charge in [-0.15, -0.1) is 0 Å². The minimum absolute atomic E-state index is 0.124. The Morgan fingerprint density at radius 1 is 1.45 bits per heavy atom. The van der Waals surface area contributed by atoms with E-state index in [0.717, 1.165) is 13.0 Å². The molecule has 0 aromatic heterocycles. The van der Waals surface area contributed by atoms with Gasteiger partial charge < -0.3 is 20.5 Å². The first-order valence-electron chi connectivity index (χ1n) is 6.56. The molecule has 1 aromatic carbocycles. The van der Waals surface area contributed by atoms with Crippen LogP contribution in [0.25, 0.3) is 0 Å². The summed E-state index contributed by atoms with van der Waals surface area (Å²) in [6, 6.07) is 6.58. The highest BCUT2D eigenvalue weighted by Crippen LogP contribution is 2.25. The number of para-hydroxylation sites is 2. The van der Waals surface area contributed by atoms with E-state index in [2.05, 4.69) is 10.6 Å². The Morgan fingerprint density at radius 3 is 2.85 bits per heavy atom. The Morgan fingerprint density at radius 2 is 2.20 bits per heavy atom. The van der Waals surface area contributed by atoms with Gasteiger partial charge in [-0.2, -0.15) is 0 Å². The number of rotatable bonds is 5. The number of hydrogen-bond acceptors (Lipinski definition) is 4. The third kappa shape index (κ3) is 3.48. The van der Waals surface area contributed by atoms with Crippen LogP contribution >= 0.6 is 0 Å². The number of hydrogen-bond donors (Lipinski definition) is 3. The summed E-state index contributed by atoms with van der Waals surface area (Å²) in [4.78, 5) is 22.7. The first kappa shape index (κ1) is 14.3. The molecule has 2 rings (SSSR count). The van der Waals surface area contributed by atoms with E-state index < -0.39 is 12.6 Å². The van der Waals surface area contributed by atoms with Crippen molar-refractivity contribution in [1.82, 2.24) is 5.32 Å². The van der Waals surface area contributed by atoms with Gasteiger partial charge in [0.25, 0.3) is 0 Å². The van der Waals surface area contributed by atoms with E-state index in [1.807, 2.05) is 6.92 Å². The second-order valence-electron chi connectivity index (χ2n) is 4.87. The number of nitrogens with one attached hydrogen (secondary N) is 2. The van der Waals surface area contributed by atoms with Crippen LogP contribution in [0.2, 0.25) is 0 Å². The predicted molar refractivity (Wildman–Crippen MR) is 73.8 cm³/mol. The molecule has 1 heterocycles. The number of carboxylic acid groups (broad SMARTS) is 1. The largest absolute Gasteiger partial charge is 0.480 e. The second-order valence-corrected chi connectivity index (χ2v) is 4.87. The van der Waals surface area contributed by atoms with Gasteiger partial charge in [-0.05, 0) is 31.0 Å². The zero-order chi connectivity index (χ0) is 14.5. The molecular weight excluding hydrogens is 260 g/mol. The zero-order valence-corrected chi connectivity index (χ0v) is 11.3. The van der Waals surface area contributed by atoms with Crippen molar-refractivity contribution >= 4 is 17.6 Å². The molecule has 1 fully saturated rings. The fourth-order valence-corrected chi connectivity index (χ4v) is 2.23. The molecule has 20 heavy (non-hydrogen) atoms. The van der Waals surface area contributed by atoms with Gasteiger partial charge in [0.05, 0.1) is 11.7 Å². The van der Waals surface area contributed by atoms with Gasteiger partial charge in [-0.3, -0.25) is 4.79 Å². The standard InChI is InChI=1S/C14H18N2O4/c1-9-6-7-15-13(9)14(19)16-10-4-2-3-5-11(10)20-8-12(17)18/h2-5,9,13,15H,6-8H2,1H3,(H,16,19)(H,17,18). The lowest BCUT2D eigenvalue weighted by atomic mass is 10.0. The van der Waals surface area contributed by atoms with Crippen LogP contribution in [0.1, 0.15) is 13.3 Å². The maximum Gasteiger partial charge on any atom is 0.341 e. The number of ether oxygens (including phenoxy) is 1. The Hall–Kier alpha value is -2.08. The Kier molecular flexibility index (Phi) is 4.57. The molecule has 1 aromatic rings. The van der Waals surface area contributed by atoms with E-state index in [-0.39, 0.29) is 17.9 Å². The topological polar surface area (TPSA) is 87.7 Å². The van der Waals surface area contributed by atoms with Crippen molar-refractivity contribution in [3.05, 3.63) is 24.3 Å². The number of carbonyl (C=O) groups is 2. The summed E-state index contributed by atoms with van der Waals surface area (Å²) < 4.78 is 5.15. The van der Waals surface area contributed by atoms with Crippen molar-refractivity contribution in [1.29, 1.82) is 0 Å². The van der Waals surface area contributed by atoms with Crippen LogP contribution in [0.3, 0.4) is 0 Å². The van der Waals surface area contributed by atoms with Crippen molar-refractivity contribution in [2.45, 2.75) is 19.4 Å². The Labute approximate surface area is 117 Å². The molecule has 6 heteroatoms. The third-order valence-electron chi connectivity index (χ3n) is 3.31. The van der Waals surface area contributed by atoms with Crippen LogP contribution < -0.4 is 15.4 Å². The van der Waals surface area contributed by atoms with Crippen molar-refractivity contribution in [2.75, 3.05) is 18.5 Å². The van der Waals surface area contributed by atoms with Crippen LogP contribution in [-0.4, -0.2) is 36.2 Å². The third-order valence-corrected chi connectivity index (χ3v) is 3.31. The molecule has 3 N–H and O–H groups in total. The molecule has 1 amide bonds. The number of carbonyl (C=O) groups excluding carboxylic acids is 1. The molecule has 0 radical (unpaired) electrons. The van der Waals surface area contributed by atoms with Crippen LogP contribution in [0, 0.1) is 5.92 Å². The van der Waals surface area contributed by atoms with Crippen LogP contribution in [-0.2, 0) is 9.59 Å². The molecule has 1 aliphatic heterocycles. The van der Waals surface area contributed by atoms with E-state index in [0.29, 0.717) is 11.4 Å². The summed E-state index contributed by atoms with van der Waals surface area (Å²) in [6.45, 7) is 2.42. The van der Waals surface area contributed by atoms with Gasteiger partial charge in [0, 0.05) is 0 Å². The lowest BCUT2D eigenvalue weighted by Crippen LogP contribution is -2.39. The van der Waals surface area contributed by atoms with Crippen LogP contribution in [0.4, 0.5) is 5.69 Å². The monoisotopic (exact) mass is 278 g/mol. The maximum atomic E-state index is 12.2. The summed E-state index contributed by atoms with van der Waals surface area (Å²) in [5.41, 5.74) is 0.486. The molecule has 108 valence electrons. The van der Waals surface area contributed by atoms with Gasteiger partial charge in [0.15, 0.2) is 6.61 Å². The van der Waals surface area contributed by atoms with E-state index in [1.165, 1.54) is 0 Å². The minimum Gasteiger partial charge on any atom is -0.480 e. The van der Waals surface area contributed by atoms with E-state index in [4.69, 9.17) is 9.84 Å². The second kappa shape index (κ2) is 6.38. The molecule has 1 aliphatic rings. The average Bonchev–Trinajstić information content (AvgIpc) is 2.84. The lowest BCUT2D eigenvalue weighted by molar-refractivity contribution is -0.139. The summed E-state index contributed by atoms with van der Waals surface area (Å²) in [5.74, 6) is -0.547. The maximum absolute atomic E-state index is 12.2. The van der Waals surface area contributed by atoms with Gasteiger partial charge in [-0.25, -0.2) is 4.79 Å². The summed E-state index contributed by atoms with van der Waals surface area (Å²) in [5, 5.41) is 14.6. The normalized spacial score (nSPS) is 21.4. The lowest BCUT2D eigenvalue weighted by Gasteiger charge is -2.17. The van der Waals surface area contributed by atoms with Crippen molar-refractivity contribution in [2.24, 2.45) is 5.92 Å². The summed E-state index contributed by atoms with van der Waals surface area (Å²) >= 11 is 0. The number of amides is 1. The first-order valence-corrected chi connectivity index (χ1v) is 6.56. The fraction of sp³-hybridized carbons (Fsp3) is 0.429. The van der Waals surface area contributed by atoms with E-state index >= 15 is 0 Å². The van der Waals surface area contributed by atoms with Gasteiger partial charge in [0.2, 0.25) is 5.91 Å². The van der Waals surface area contributed by atoms with Crippen LogP contribution in [0.15, 0.2) is 24.3 Å². The highest BCUT2D eigenvalue weighted by Gasteiger charge is 2.29. The highest BCUT2D eigenvalue weighted by atomic mass is 16.5. The number of anilines is 1. The molecule has 0 aliphatic carbocycles. The highest BCUT2D eigenvalue weighted by molar-refractivity contribution is 5.96. The molecule has 1 saturated heterocycles. The van der Waals surface area contributed by atoms with Gasteiger partial charge in [0.1, 0.15) is 5.75 Å². The van der Waals surface area contributed by atoms with Crippen LogP contribution in [0.5, 0.6) is 5.75 Å². The summed E-state index contributed by atoms with van der Waals surface area (Å²) in [7, 11) is 0. The molecule has 0 spiro atoms. The number of carboxylic acids is 1. The molecule has 0 saturated carbocycles. The number of aliphatic carboxylic acids is 1. The Balaban J connectivity index is 2.04. The van der Waals surface area contributed by atoms with Crippen molar-refractivity contribution in [3.8, 4) is 5.75 Å². The number of benzene rings is 1. The molecule has 2 unspecified atom stereocenters. The Bertz CT molecular complexity index is 504. The average molecular weight is 278 g/mol. The zero-order valence-electron chi connectivity index (χ0n) is 11.3. The SMILES string of the molecule is CC1CCNC1C(=O)Nc1ccccc1OCC(=O)O. The van der Waals surface area contributed by atoms with E-state index in [9.17, 15) is 9.59 Å². The minimum atomic E-state index is -1.06. The van der Waals surface area contributed by atoms with E-state index in [1.54, 1.807) is 24.3 Å². The van der Waals surface area contributed by atoms with Crippen molar-refractivity contribution in [3.63, 3.8) is 0 Å². The smallest absolute Gasteiger partial charge is 0.341 e. The van der Waals surface area contributed by atoms with Gasteiger partial charge in [-0.1, -0.05) is 19.1 Å². The van der Waals surface area contributed by atoms with Gasteiger partial charge >= 0.3 is 5.97 Å². The molecule has 0 bridgehead atoms. The predicted octanol–water partition coefficient (Wildman–Crippen LogP) is 1.09. The first-order chi connectivity index (χ1) is 9.58. The molecule has 6 nitrogen and oxygen atoms in total. The fourth-order valence-electron chi connectivity index (χ4n) is 2.23. The summed E-state index contributed by atoms with van der Waals surface area (Å²) in [6.07, 6.45) is 0.968. The molecular formula is C14H18N2O4.